The molecule has 1 atom stereocenters. The van der Waals surface area contributed by atoms with Crippen LogP contribution in [0.25, 0.3) is 10.9 Å². The van der Waals surface area contributed by atoms with Gasteiger partial charge in [-0.3, -0.25) is 9.89 Å². The van der Waals surface area contributed by atoms with E-state index in [0.717, 1.165) is 34.3 Å². The molecule has 14 nitrogen and oxygen atoms in total. The average Bonchev–Trinajstić information content (AvgIpc) is 3.52. The van der Waals surface area contributed by atoms with E-state index in [-0.39, 0.29) is 30.3 Å². The number of rotatable bonds is 6. The smallest absolute Gasteiger partial charge is 0.410 e. The lowest BCUT2D eigenvalue weighted by molar-refractivity contribution is -0.141. The van der Waals surface area contributed by atoms with E-state index in [2.05, 4.69) is 30.4 Å². The van der Waals surface area contributed by atoms with Crippen molar-refractivity contribution in [2.24, 2.45) is 0 Å². The molecule has 3 aliphatic rings. The third-order valence-corrected chi connectivity index (χ3v) is 9.72. The minimum atomic E-state index is -1.06. The van der Waals surface area contributed by atoms with Gasteiger partial charge < -0.3 is 35.4 Å². The fraction of sp³-hybridized carbons (Fsp3) is 0.394. The van der Waals surface area contributed by atoms with Gasteiger partial charge in [0.05, 0.1) is 34.8 Å². The van der Waals surface area contributed by atoms with E-state index < -0.39 is 12.2 Å². The number of amides is 4. The Morgan fingerprint density at radius 1 is 0.979 bits per heavy atom. The number of carbonyl (C=O) groups is 3. The number of hydrogen-bond acceptors (Lipinski definition) is 9. The minimum absolute atomic E-state index is 0.00706. The standard InChI is InChI=1S/C33H37ClN10O4/c34-26-16-21(15-23-18-38-40-29(23)26)17-28(30(45)42-13-11-41(12-14-42)25-19-36-31(35)37-20-25)48-33(47)43-8-6-24(7-9-43)44-10-5-22-3-1-2-4-27(22)39-32(44)46/h1-4,15-16,18-20,24,28H,5-14,17H2,(H,38,40)(H,39,46)(H2,35,36,37). The predicted octanol–water partition coefficient (Wildman–Crippen LogP) is 3.54. The third kappa shape index (κ3) is 6.65. The normalized spacial score (nSPS) is 17.9. The summed E-state index contributed by atoms with van der Waals surface area (Å²) in [5.41, 5.74) is 9.88. The molecule has 2 saturated heterocycles. The number of piperidine rings is 1. The topological polar surface area (TPSA) is 166 Å². The number of carbonyl (C=O) groups excluding carboxylic acids is 3. The summed E-state index contributed by atoms with van der Waals surface area (Å²) >= 11 is 6.51. The van der Waals surface area contributed by atoms with Gasteiger partial charge in [-0.25, -0.2) is 19.6 Å². The van der Waals surface area contributed by atoms with Gasteiger partial charge in [-0.15, -0.1) is 0 Å². The second kappa shape index (κ2) is 13.6. The van der Waals surface area contributed by atoms with Gasteiger partial charge in [-0.05, 0) is 48.6 Å². The number of likely N-dealkylation sites (tertiary alicyclic amines) is 1. The van der Waals surface area contributed by atoms with Gasteiger partial charge in [-0.2, -0.15) is 5.10 Å². The maximum Gasteiger partial charge on any atom is 0.410 e. The first-order valence-electron chi connectivity index (χ1n) is 16.2. The number of aromatic nitrogens is 4. The Kier molecular flexibility index (Phi) is 8.89. The van der Waals surface area contributed by atoms with Crippen LogP contribution in [0.3, 0.4) is 0 Å². The molecule has 5 heterocycles. The molecule has 0 spiro atoms. The lowest BCUT2D eigenvalue weighted by Crippen LogP contribution is -2.54. The molecule has 4 amide bonds. The largest absolute Gasteiger partial charge is 0.436 e. The number of aromatic amines is 1. The van der Waals surface area contributed by atoms with Crippen LogP contribution in [-0.4, -0.2) is 111 Å². The molecule has 250 valence electrons. The molecule has 0 aliphatic carbocycles. The Morgan fingerprint density at radius 3 is 2.50 bits per heavy atom. The lowest BCUT2D eigenvalue weighted by Gasteiger charge is -2.39. The van der Waals surface area contributed by atoms with Crippen LogP contribution in [0.4, 0.5) is 26.9 Å². The Balaban J connectivity index is 1.01. The molecule has 0 radical (unpaired) electrons. The van der Waals surface area contributed by atoms with E-state index in [1.165, 1.54) is 0 Å². The molecule has 2 aromatic carbocycles. The van der Waals surface area contributed by atoms with Crippen LogP contribution >= 0.6 is 11.6 Å². The minimum Gasteiger partial charge on any atom is -0.436 e. The van der Waals surface area contributed by atoms with Crippen molar-refractivity contribution in [3.63, 3.8) is 0 Å². The van der Waals surface area contributed by atoms with E-state index in [1.54, 1.807) is 34.5 Å². The maximum absolute atomic E-state index is 14.0. The summed E-state index contributed by atoms with van der Waals surface area (Å²) in [6.45, 7) is 3.44. The number of nitrogens with zero attached hydrogens (tertiary/aromatic N) is 7. The molecule has 4 aromatic rings. The number of anilines is 3. The van der Waals surface area contributed by atoms with Crippen molar-refractivity contribution in [1.82, 2.24) is 34.9 Å². The molecule has 7 rings (SSSR count). The number of hydrogen-bond donors (Lipinski definition) is 3. The molecule has 1 unspecified atom stereocenters. The number of fused-ring (bicyclic) bond motifs is 2. The van der Waals surface area contributed by atoms with E-state index in [1.807, 2.05) is 35.2 Å². The van der Waals surface area contributed by atoms with Crippen LogP contribution in [0, 0.1) is 0 Å². The molecular weight excluding hydrogens is 636 g/mol. The summed E-state index contributed by atoms with van der Waals surface area (Å²) in [5, 5.41) is 11.3. The fourth-order valence-electron chi connectivity index (χ4n) is 6.76. The van der Waals surface area contributed by atoms with Crippen LogP contribution in [0.5, 0.6) is 0 Å². The van der Waals surface area contributed by atoms with Gasteiger partial charge in [0.2, 0.25) is 5.95 Å². The molecule has 4 N–H and O–H groups in total. The molecule has 0 bridgehead atoms. The highest BCUT2D eigenvalue weighted by atomic mass is 35.5. The van der Waals surface area contributed by atoms with Gasteiger partial charge >= 0.3 is 12.1 Å². The summed E-state index contributed by atoms with van der Waals surface area (Å²) in [5.74, 6) is -0.0655. The number of halogens is 1. The monoisotopic (exact) mass is 672 g/mol. The summed E-state index contributed by atoms with van der Waals surface area (Å²) in [4.78, 5) is 56.2. The van der Waals surface area contributed by atoms with E-state index in [0.29, 0.717) is 69.2 Å². The van der Waals surface area contributed by atoms with Gasteiger partial charge in [0.1, 0.15) is 0 Å². The fourth-order valence-corrected chi connectivity index (χ4v) is 7.05. The van der Waals surface area contributed by atoms with E-state index in [4.69, 9.17) is 22.1 Å². The van der Waals surface area contributed by atoms with Crippen LogP contribution in [-0.2, 0) is 22.4 Å². The molecule has 2 aromatic heterocycles. The van der Waals surface area contributed by atoms with Crippen molar-refractivity contribution >= 4 is 57.9 Å². The maximum atomic E-state index is 14.0. The number of nitrogens with two attached hydrogens (primary N) is 1. The van der Waals surface area contributed by atoms with Crippen molar-refractivity contribution in [3.8, 4) is 0 Å². The number of nitrogen functional groups attached to an aromatic ring is 1. The van der Waals surface area contributed by atoms with Crippen LogP contribution in [0.2, 0.25) is 5.02 Å². The van der Waals surface area contributed by atoms with Crippen molar-refractivity contribution < 1.29 is 19.1 Å². The lowest BCUT2D eigenvalue weighted by atomic mass is 10.0. The zero-order valence-corrected chi connectivity index (χ0v) is 27.1. The number of benzene rings is 2. The molecule has 0 saturated carbocycles. The third-order valence-electron chi connectivity index (χ3n) is 9.42. The highest BCUT2D eigenvalue weighted by Crippen LogP contribution is 2.27. The van der Waals surface area contributed by atoms with Crippen molar-refractivity contribution in [2.45, 2.75) is 37.8 Å². The average molecular weight is 673 g/mol. The van der Waals surface area contributed by atoms with E-state index >= 15 is 0 Å². The Hall–Kier alpha value is -5.11. The summed E-state index contributed by atoms with van der Waals surface area (Å²) in [7, 11) is 0. The second-order valence-corrected chi connectivity index (χ2v) is 12.8. The number of urea groups is 1. The van der Waals surface area contributed by atoms with Crippen LogP contribution in [0.1, 0.15) is 24.0 Å². The first kappa shape index (κ1) is 31.5. The van der Waals surface area contributed by atoms with Crippen LogP contribution in [0.15, 0.2) is 55.0 Å². The number of ether oxygens (including phenoxy) is 1. The number of piperazine rings is 1. The highest BCUT2D eigenvalue weighted by Gasteiger charge is 2.35. The molecule has 48 heavy (non-hydrogen) atoms. The Labute approximate surface area is 282 Å². The van der Waals surface area contributed by atoms with Crippen LogP contribution < -0.4 is 16.0 Å². The van der Waals surface area contributed by atoms with Crippen molar-refractivity contribution in [1.29, 1.82) is 0 Å². The Bertz CT molecular complexity index is 1800. The van der Waals surface area contributed by atoms with Gasteiger partial charge in [0.25, 0.3) is 5.91 Å². The summed E-state index contributed by atoms with van der Waals surface area (Å²) < 4.78 is 6.02. The summed E-state index contributed by atoms with van der Waals surface area (Å²) in [6.07, 6.45) is 5.54. The quantitative estimate of drug-likeness (QED) is 0.278. The SMILES string of the molecule is Nc1ncc(N2CCN(C(=O)C(Cc3cc(Cl)c4[nH]ncc4c3)OC(=O)N3CCC(N4CCc5ccccc5NC4=O)CC3)CC2)cn1. The molecule has 3 aliphatic heterocycles. The highest BCUT2D eigenvalue weighted by molar-refractivity contribution is 6.35. The number of H-pyrrole nitrogens is 1. The van der Waals surface area contributed by atoms with Gasteiger partial charge in [0.15, 0.2) is 6.10 Å². The number of nitrogens with one attached hydrogen (secondary N) is 2. The molecule has 15 heteroatoms. The van der Waals surface area contributed by atoms with E-state index in [9.17, 15) is 14.4 Å². The second-order valence-electron chi connectivity index (χ2n) is 12.3. The predicted molar refractivity (Wildman–Crippen MR) is 181 cm³/mol. The zero-order valence-electron chi connectivity index (χ0n) is 26.3. The van der Waals surface area contributed by atoms with Crippen molar-refractivity contribution in [2.75, 3.05) is 61.8 Å². The molecular formula is C33H37ClN10O4. The zero-order chi connectivity index (χ0) is 33.2. The van der Waals surface area contributed by atoms with Gasteiger partial charge in [0, 0.05) is 69.3 Å². The Morgan fingerprint density at radius 2 is 1.73 bits per heavy atom. The molecule has 2 fully saturated rings. The first-order valence-corrected chi connectivity index (χ1v) is 16.5. The summed E-state index contributed by atoms with van der Waals surface area (Å²) in [6, 6.07) is 11.4. The first-order chi connectivity index (χ1) is 23.3. The van der Waals surface area contributed by atoms with Crippen molar-refractivity contribution in [3.05, 3.63) is 71.1 Å². The number of para-hydroxylation sites is 1. The van der Waals surface area contributed by atoms with Gasteiger partial charge in [-0.1, -0.05) is 29.8 Å².